The van der Waals surface area contributed by atoms with Gasteiger partial charge in [0.05, 0.1) is 24.8 Å². The molecule has 0 amide bonds. The summed E-state index contributed by atoms with van der Waals surface area (Å²) in [6.07, 6.45) is 1.18. The Bertz CT molecular complexity index is 952. The van der Waals surface area contributed by atoms with E-state index >= 15 is 0 Å². The number of nitriles is 1. The minimum absolute atomic E-state index is 0.0444. The Kier molecular flexibility index (Phi) is 6.42. The van der Waals surface area contributed by atoms with Crippen LogP contribution >= 0.6 is 0 Å². The summed E-state index contributed by atoms with van der Waals surface area (Å²) in [6, 6.07) is 13.8. The van der Waals surface area contributed by atoms with Gasteiger partial charge in [0.25, 0.3) is 0 Å². The van der Waals surface area contributed by atoms with E-state index in [4.69, 9.17) is 9.47 Å². The zero-order chi connectivity index (χ0) is 21.9. The molecule has 2 aromatic rings. The van der Waals surface area contributed by atoms with Crippen molar-refractivity contribution in [3.8, 4) is 11.8 Å². The molecular weight excluding hydrogens is 383 g/mol. The van der Waals surface area contributed by atoms with Gasteiger partial charge in [-0.05, 0) is 81.1 Å². The average molecular weight is 410 g/mol. The van der Waals surface area contributed by atoms with Crippen LogP contribution in [0.2, 0.25) is 0 Å². The molecule has 0 aromatic heterocycles. The average Bonchev–Trinajstić information content (AvgIpc) is 3.14. The molecule has 1 N–H and O–H groups in total. The molecule has 1 aliphatic carbocycles. The van der Waals surface area contributed by atoms with Gasteiger partial charge < -0.3 is 14.8 Å². The monoisotopic (exact) mass is 410 g/mol. The fraction of sp³-hybridized carbons (Fsp3) is 0.417. The first-order chi connectivity index (χ1) is 14.4. The fourth-order valence-electron chi connectivity index (χ4n) is 4.63. The molecule has 0 spiro atoms. The van der Waals surface area contributed by atoms with Crippen molar-refractivity contribution in [2.75, 3.05) is 14.2 Å². The number of hydrogen-bond donors (Lipinski definition) is 1. The van der Waals surface area contributed by atoms with Crippen LogP contribution in [0, 0.1) is 17.1 Å². The Morgan fingerprint density at radius 3 is 2.53 bits per heavy atom. The zero-order valence-electron chi connectivity index (χ0n) is 17.7. The first-order valence-corrected chi connectivity index (χ1v) is 10.1. The van der Waals surface area contributed by atoms with Crippen LogP contribution in [0.15, 0.2) is 42.5 Å². The summed E-state index contributed by atoms with van der Waals surface area (Å²) in [7, 11) is 3.12. The maximum absolute atomic E-state index is 13.6. The molecule has 2 aromatic carbocycles. The highest BCUT2D eigenvalue weighted by molar-refractivity contribution is 5.83. The largest absolute Gasteiger partial charge is 0.491 e. The molecule has 0 bridgehead atoms. The van der Waals surface area contributed by atoms with E-state index in [1.165, 1.54) is 19.2 Å². The maximum atomic E-state index is 13.6. The third-order valence-electron chi connectivity index (χ3n) is 5.91. The van der Waals surface area contributed by atoms with E-state index in [9.17, 15) is 14.4 Å². The van der Waals surface area contributed by atoms with E-state index in [2.05, 4.69) is 11.4 Å². The lowest BCUT2D eigenvalue weighted by Crippen LogP contribution is -2.53. The SMILES string of the molecule is CN[C@@]1(C(=O)OC)CC[C@H](c2cc(C#N)ccc2OC(C)C)[C@H]1c1ccc(F)cc1. The summed E-state index contributed by atoms with van der Waals surface area (Å²) in [5, 5.41) is 12.7. The maximum Gasteiger partial charge on any atom is 0.326 e. The minimum atomic E-state index is -0.963. The highest BCUT2D eigenvalue weighted by atomic mass is 19.1. The van der Waals surface area contributed by atoms with Crippen LogP contribution in [0.25, 0.3) is 0 Å². The smallest absolute Gasteiger partial charge is 0.326 e. The van der Waals surface area contributed by atoms with Gasteiger partial charge in [-0.2, -0.15) is 5.26 Å². The van der Waals surface area contributed by atoms with Crippen molar-refractivity contribution in [1.29, 1.82) is 5.26 Å². The Labute approximate surface area is 176 Å². The highest BCUT2D eigenvalue weighted by Crippen LogP contribution is 2.54. The van der Waals surface area contributed by atoms with Gasteiger partial charge in [0.1, 0.15) is 17.1 Å². The summed E-state index contributed by atoms with van der Waals surface area (Å²) in [5.74, 6) is -0.442. The molecule has 1 fully saturated rings. The van der Waals surface area contributed by atoms with Crippen LogP contribution in [0.3, 0.4) is 0 Å². The van der Waals surface area contributed by atoms with E-state index in [1.807, 2.05) is 26.0 Å². The van der Waals surface area contributed by atoms with Crippen LogP contribution in [0.1, 0.15) is 55.2 Å². The number of likely N-dealkylation sites (N-methyl/N-ethyl adjacent to an activating group) is 1. The normalized spacial score (nSPS) is 23.2. The molecule has 158 valence electrons. The van der Waals surface area contributed by atoms with Gasteiger partial charge in [-0.1, -0.05) is 12.1 Å². The summed E-state index contributed by atoms with van der Waals surface area (Å²) in [5.41, 5.74) is 1.27. The number of halogens is 1. The Morgan fingerprint density at radius 2 is 1.97 bits per heavy atom. The van der Waals surface area contributed by atoms with Crippen molar-refractivity contribution in [3.05, 3.63) is 65.0 Å². The highest BCUT2D eigenvalue weighted by Gasteiger charge is 2.55. The second-order valence-corrected chi connectivity index (χ2v) is 7.92. The van der Waals surface area contributed by atoms with Crippen molar-refractivity contribution in [2.45, 2.75) is 50.2 Å². The number of rotatable bonds is 6. The number of carbonyl (C=O) groups is 1. The fourth-order valence-corrected chi connectivity index (χ4v) is 4.63. The predicted octanol–water partition coefficient (Wildman–Crippen LogP) is 4.28. The number of esters is 1. The van der Waals surface area contributed by atoms with Crippen molar-refractivity contribution in [3.63, 3.8) is 0 Å². The van der Waals surface area contributed by atoms with Crippen molar-refractivity contribution in [1.82, 2.24) is 5.32 Å². The van der Waals surface area contributed by atoms with E-state index < -0.39 is 5.54 Å². The lowest BCUT2D eigenvalue weighted by molar-refractivity contribution is -0.149. The number of hydrogen-bond acceptors (Lipinski definition) is 5. The van der Waals surface area contributed by atoms with Crippen molar-refractivity contribution >= 4 is 5.97 Å². The Balaban J connectivity index is 2.19. The number of benzene rings is 2. The molecule has 0 heterocycles. The van der Waals surface area contributed by atoms with Crippen LogP contribution in [-0.4, -0.2) is 31.8 Å². The number of ether oxygens (including phenoxy) is 2. The van der Waals surface area contributed by atoms with Gasteiger partial charge in [-0.25, -0.2) is 4.39 Å². The van der Waals surface area contributed by atoms with Crippen LogP contribution in [0.5, 0.6) is 5.75 Å². The molecular formula is C24H27FN2O3. The Hall–Kier alpha value is -2.91. The third-order valence-corrected chi connectivity index (χ3v) is 5.91. The molecule has 0 radical (unpaired) electrons. The summed E-state index contributed by atoms with van der Waals surface area (Å²) in [4.78, 5) is 12.9. The van der Waals surface area contributed by atoms with Crippen LogP contribution < -0.4 is 10.1 Å². The molecule has 3 atom stereocenters. The molecule has 0 saturated heterocycles. The van der Waals surface area contributed by atoms with Gasteiger partial charge in [0, 0.05) is 5.92 Å². The predicted molar refractivity (Wildman–Crippen MR) is 112 cm³/mol. The van der Waals surface area contributed by atoms with E-state index in [-0.39, 0.29) is 29.7 Å². The van der Waals surface area contributed by atoms with Gasteiger partial charge in [-0.15, -0.1) is 0 Å². The number of nitrogens with one attached hydrogen (secondary N) is 1. The molecule has 5 nitrogen and oxygen atoms in total. The quantitative estimate of drug-likeness (QED) is 0.720. The van der Waals surface area contributed by atoms with Gasteiger partial charge in [0.15, 0.2) is 0 Å². The molecule has 3 rings (SSSR count). The molecule has 1 aliphatic rings. The first kappa shape index (κ1) is 21.8. The van der Waals surface area contributed by atoms with E-state index in [0.29, 0.717) is 24.2 Å². The second-order valence-electron chi connectivity index (χ2n) is 7.92. The summed E-state index contributed by atoms with van der Waals surface area (Å²) in [6.45, 7) is 3.89. The van der Waals surface area contributed by atoms with Crippen LogP contribution in [0.4, 0.5) is 4.39 Å². The topological polar surface area (TPSA) is 71.3 Å². The molecule has 30 heavy (non-hydrogen) atoms. The molecule has 1 saturated carbocycles. The van der Waals surface area contributed by atoms with Crippen molar-refractivity contribution in [2.24, 2.45) is 0 Å². The van der Waals surface area contributed by atoms with Crippen molar-refractivity contribution < 1.29 is 18.7 Å². The van der Waals surface area contributed by atoms with Gasteiger partial charge in [-0.3, -0.25) is 4.79 Å². The summed E-state index contributed by atoms with van der Waals surface area (Å²) < 4.78 is 24.8. The van der Waals surface area contributed by atoms with Crippen LogP contribution in [-0.2, 0) is 9.53 Å². The zero-order valence-corrected chi connectivity index (χ0v) is 17.7. The first-order valence-electron chi connectivity index (χ1n) is 10.1. The lowest BCUT2D eigenvalue weighted by Gasteiger charge is -2.35. The Morgan fingerprint density at radius 1 is 1.27 bits per heavy atom. The molecule has 6 heteroatoms. The van der Waals surface area contributed by atoms with Gasteiger partial charge in [0.2, 0.25) is 0 Å². The standard InChI is InChI=1S/C24H27FN2O3/c1-15(2)30-21-10-5-16(14-26)13-20(21)19-11-12-24(27-3,23(28)29-4)22(19)17-6-8-18(25)9-7-17/h5-10,13,15,19,22,27H,11-12H2,1-4H3/t19-,22-,24+/m1/s1. The number of nitrogens with zero attached hydrogens (tertiary/aromatic N) is 1. The summed E-state index contributed by atoms with van der Waals surface area (Å²) >= 11 is 0. The van der Waals surface area contributed by atoms with E-state index in [1.54, 1.807) is 25.2 Å². The minimum Gasteiger partial charge on any atom is -0.491 e. The number of carbonyl (C=O) groups excluding carboxylic acids is 1. The molecule has 0 unspecified atom stereocenters. The number of methoxy groups -OCH3 is 1. The second kappa shape index (κ2) is 8.85. The van der Waals surface area contributed by atoms with E-state index in [0.717, 1.165) is 11.1 Å². The molecule has 0 aliphatic heterocycles. The third kappa shape index (κ3) is 3.90. The van der Waals surface area contributed by atoms with Gasteiger partial charge >= 0.3 is 5.97 Å². The lowest BCUT2D eigenvalue weighted by atomic mass is 9.75.